The maximum Gasteiger partial charge on any atom is 0.211 e. The lowest BCUT2D eigenvalue weighted by Crippen LogP contribution is -1.99. The first-order valence-corrected chi connectivity index (χ1v) is 8.20. The van der Waals surface area contributed by atoms with Crippen LogP contribution in [0.5, 0.6) is 0 Å². The molecule has 2 aromatic carbocycles. The van der Waals surface area contributed by atoms with Crippen molar-refractivity contribution in [1.82, 2.24) is 20.3 Å². The molecule has 1 heterocycles. The normalized spacial score (nSPS) is 10.9. The Hall–Kier alpha value is -2.44. The van der Waals surface area contributed by atoms with E-state index in [1.165, 1.54) is 6.20 Å². The van der Waals surface area contributed by atoms with Crippen LogP contribution in [0.4, 0.5) is 0 Å². The Bertz CT molecular complexity index is 873. The second-order valence-corrected chi connectivity index (χ2v) is 6.18. The number of carbonyl (C=O) groups is 1. The molecule has 1 amide bonds. The van der Waals surface area contributed by atoms with E-state index in [9.17, 15) is 4.79 Å². The Morgan fingerprint density at radius 1 is 1.04 bits per heavy atom. The molecule has 3 aromatic rings. The molecule has 0 aliphatic carbocycles. The van der Waals surface area contributed by atoms with Gasteiger partial charge in [-0.05, 0) is 42.5 Å². The molecule has 0 saturated heterocycles. The standard InChI is InChI=1S/C17H12BrClN4O/c18-13-3-7-15(8-4-13)23-21-16(9-10-20-11-24)17(22-23)12-1-5-14(19)6-2-12/h1-11H,(H,20,24)/b10-9+. The zero-order chi connectivity index (χ0) is 16.9. The van der Waals surface area contributed by atoms with Gasteiger partial charge in [-0.2, -0.15) is 4.80 Å². The minimum Gasteiger partial charge on any atom is -0.335 e. The Labute approximate surface area is 152 Å². The van der Waals surface area contributed by atoms with Crippen molar-refractivity contribution in [1.29, 1.82) is 0 Å². The smallest absolute Gasteiger partial charge is 0.211 e. The van der Waals surface area contributed by atoms with Crippen LogP contribution >= 0.6 is 27.5 Å². The molecule has 120 valence electrons. The number of amides is 1. The molecule has 1 N–H and O–H groups in total. The number of halogens is 2. The fourth-order valence-electron chi connectivity index (χ4n) is 2.10. The molecule has 24 heavy (non-hydrogen) atoms. The van der Waals surface area contributed by atoms with E-state index in [-0.39, 0.29) is 0 Å². The SMILES string of the molecule is O=CN/C=C/c1nn(-c2ccc(Br)cc2)nc1-c1ccc(Cl)cc1. The molecular weight excluding hydrogens is 392 g/mol. The van der Waals surface area contributed by atoms with Gasteiger partial charge in [-0.15, -0.1) is 10.2 Å². The van der Waals surface area contributed by atoms with E-state index >= 15 is 0 Å². The summed E-state index contributed by atoms with van der Waals surface area (Å²) in [6.07, 6.45) is 3.81. The van der Waals surface area contributed by atoms with Gasteiger partial charge in [-0.3, -0.25) is 4.79 Å². The Morgan fingerprint density at radius 3 is 2.42 bits per heavy atom. The summed E-state index contributed by atoms with van der Waals surface area (Å²) >= 11 is 9.36. The number of aromatic nitrogens is 3. The van der Waals surface area contributed by atoms with Gasteiger partial charge in [-0.1, -0.05) is 39.7 Å². The molecule has 0 unspecified atom stereocenters. The van der Waals surface area contributed by atoms with Crippen LogP contribution in [-0.4, -0.2) is 21.4 Å². The van der Waals surface area contributed by atoms with Crippen LogP contribution in [-0.2, 0) is 4.79 Å². The minimum atomic E-state index is 0.595. The highest BCUT2D eigenvalue weighted by Gasteiger charge is 2.12. The highest BCUT2D eigenvalue weighted by molar-refractivity contribution is 9.10. The van der Waals surface area contributed by atoms with E-state index in [4.69, 9.17) is 11.6 Å². The van der Waals surface area contributed by atoms with E-state index < -0.39 is 0 Å². The summed E-state index contributed by atoms with van der Waals surface area (Å²) < 4.78 is 0.978. The number of hydrogen-bond acceptors (Lipinski definition) is 3. The second kappa shape index (κ2) is 7.42. The first-order chi connectivity index (χ1) is 11.7. The second-order valence-electron chi connectivity index (χ2n) is 4.82. The molecule has 0 bridgehead atoms. The molecule has 5 nitrogen and oxygen atoms in total. The third kappa shape index (κ3) is 3.72. The zero-order valence-electron chi connectivity index (χ0n) is 12.4. The predicted molar refractivity (Wildman–Crippen MR) is 97.7 cm³/mol. The Balaban J connectivity index is 2.06. The van der Waals surface area contributed by atoms with Crippen LogP contribution in [0.25, 0.3) is 23.0 Å². The third-order valence-electron chi connectivity index (χ3n) is 3.22. The molecule has 1 aromatic heterocycles. The van der Waals surface area contributed by atoms with E-state index in [2.05, 4.69) is 31.4 Å². The molecule has 0 saturated carbocycles. The van der Waals surface area contributed by atoms with Crippen LogP contribution < -0.4 is 5.32 Å². The summed E-state index contributed by atoms with van der Waals surface area (Å²) in [5, 5.41) is 12.2. The van der Waals surface area contributed by atoms with Crippen LogP contribution in [0.2, 0.25) is 5.02 Å². The maximum atomic E-state index is 10.4. The first-order valence-electron chi connectivity index (χ1n) is 7.03. The van der Waals surface area contributed by atoms with E-state index in [0.29, 0.717) is 22.8 Å². The number of benzene rings is 2. The third-order valence-corrected chi connectivity index (χ3v) is 4.00. The lowest BCUT2D eigenvalue weighted by Gasteiger charge is -1.99. The van der Waals surface area contributed by atoms with E-state index in [1.807, 2.05) is 36.4 Å². The van der Waals surface area contributed by atoms with Crippen molar-refractivity contribution < 1.29 is 4.79 Å². The molecular formula is C17H12BrClN4O. The van der Waals surface area contributed by atoms with Crippen LogP contribution in [0.15, 0.2) is 59.2 Å². The molecule has 0 spiro atoms. The van der Waals surface area contributed by atoms with Crippen LogP contribution in [0.1, 0.15) is 5.69 Å². The number of nitrogens with one attached hydrogen (secondary N) is 1. The van der Waals surface area contributed by atoms with Crippen molar-refractivity contribution in [2.24, 2.45) is 0 Å². The van der Waals surface area contributed by atoms with E-state index in [0.717, 1.165) is 15.7 Å². The van der Waals surface area contributed by atoms with Gasteiger partial charge in [0.25, 0.3) is 0 Å². The molecule has 0 atom stereocenters. The fraction of sp³-hybridized carbons (Fsp3) is 0. The monoisotopic (exact) mass is 402 g/mol. The van der Waals surface area contributed by atoms with E-state index in [1.54, 1.807) is 23.0 Å². The van der Waals surface area contributed by atoms with Gasteiger partial charge < -0.3 is 5.32 Å². The molecule has 0 radical (unpaired) electrons. The highest BCUT2D eigenvalue weighted by Crippen LogP contribution is 2.24. The average Bonchev–Trinajstić information content (AvgIpc) is 3.01. The van der Waals surface area contributed by atoms with Gasteiger partial charge in [-0.25, -0.2) is 0 Å². The maximum absolute atomic E-state index is 10.4. The van der Waals surface area contributed by atoms with Gasteiger partial charge >= 0.3 is 0 Å². The van der Waals surface area contributed by atoms with Gasteiger partial charge in [0.1, 0.15) is 11.4 Å². The first kappa shape index (κ1) is 16.4. The number of nitrogens with zero attached hydrogens (tertiary/aromatic N) is 3. The summed E-state index contributed by atoms with van der Waals surface area (Å²) in [6, 6.07) is 15.0. The zero-order valence-corrected chi connectivity index (χ0v) is 14.7. The molecule has 0 aliphatic heterocycles. The lowest BCUT2D eigenvalue weighted by atomic mass is 10.1. The Morgan fingerprint density at radius 2 is 1.75 bits per heavy atom. The summed E-state index contributed by atoms with van der Waals surface area (Å²) in [7, 11) is 0. The summed E-state index contributed by atoms with van der Waals surface area (Å²) in [6.45, 7) is 0. The van der Waals surface area contributed by atoms with Crippen molar-refractivity contribution in [2.75, 3.05) is 0 Å². The predicted octanol–water partition coefficient (Wildman–Crippen LogP) is 4.07. The molecule has 0 aliphatic rings. The highest BCUT2D eigenvalue weighted by atomic mass is 79.9. The molecule has 0 fully saturated rings. The Kier molecular flexibility index (Phi) is 5.08. The van der Waals surface area contributed by atoms with Crippen molar-refractivity contribution in [3.8, 4) is 16.9 Å². The lowest BCUT2D eigenvalue weighted by molar-refractivity contribution is -0.108. The number of hydrogen-bond donors (Lipinski definition) is 1. The topological polar surface area (TPSA) is 59.8 Å². The minimum absolute atomic E-state index is 0.595. The summed E-state index contributed by atoms with van der Waals surface area (Å²) in [5.41, 5.74) is 3.04. The van der Waals surface area contributed by atoms with Gasteiger partial charge in [0.15, 0.2) is 0 Å². The largest absolute Gasteiger partial charge is 0.335 e. The van der Waals surface area contributed by atoms with Crippen LogP contribution in [0.3, 0.4) is 0 Å². The fourth-order valence-corrected chi connectivity index (χ4v) is 2.49. The van der Waals surface area contributed by atoms with Gasteiger partial charge in [0, 0.05) is 21.3 Å². The molecule has 3 rings (SSSR count). The van der Waals surface area contributed by atoms with Crippen molar-refractivity contribution in [3.05, 3.63) is 69.9 Å². The number of rotatable bonds is 5. The number of carbonyl (C=O) groups excluding carboxylic acids is 1. The van der Waals surface area contributed by atoms with Crippen molar-refractivity contribution in [2.45, 2.75) is 0 Å². The average molecular weight is 404 g/mol. The summed E-state index contributed by atoms with van der Waals surface area (Å²) in [5.74, 6) is 0. The van der Waals surface area contributed by atoms with Gasteiger partial charge in [0.2, 0.25) is 6.41 Å². The van der Waals surface area contributed by atoms with Crippen molar-refractivity contribution >= 4 is 40.0 Å². The molecule has 7 heteroatoms. The quantitative estimate of drug-likeness (QED) is 0.653. The summed E-state index contributed by atoms with van der Waals surface area (Å²) in [4.78, 5) is 12.0. The van der Waals surface area contributed by atoms with Crippen molar-refractivity contribution in [3.63, 3.8) is 0 Å². The van der Waals surface area contributed by atoms with Gasteiger partial charge in [0.05, 0.1) is 5.69 Å². The van der Waals surface area contributed by atoms with Crippen LogP contribution in [0, 0.1) is 0 Å².